The molecule has 1 aromatic heterocycles. The SMILES string of the molecule is Cc1cc(S(=O)(=O)NC(C)CN2CCCC2)sc1Br. The lowest BCUT2D eigenvalue weighted by atomic mass is 10.3. The summed E-state index contributed by atoms with van der Waals surface area (Å²) in [6, 6.07) is 1.64. The van der Waals surface area contributed by atoms with E-state index in [0.29, 0.717) is 4.21 Å². The predicted octanol–water partition coefficient (Wildman–Crippen LogP) is 2.58. The highest BCUT2D eigenvalue weighted by molar-refractivity contribution is 9.11. The maximum absolute atomic E-state index is 12.2. The molecule has 1 unspecified atom stereocenters. The summed E-state index contributed by atoms with van der Waals surface area (Å²) in [5.74, 6) is 0. The molecule has 2 heterocycles. The number of hydrogen-bond donors (Lipinski definition) is 1. The van der Waals surface area contributed by atoms with Gasteiger partial charge in [0.15, 0.2) is 0 Å². The molecule has 0 spiro atoms. The molecule has 0 aromatic carbocycles. The Bertz CT molecular complexity index is 516. The molecular formula is C12H19BrN2O2S2. The molecule has 0 aliphatic carbocycles. The minimum absolute atomic E-state index is 0.0655. The summed E-state index contributed by atoms with van der Waals surface area (Å²) >= 11 is 4.62. The van der Waals surface area contributed by atoms with Crippen LogP contribution in [0.2, 0.25) is 0 Å². The van der Waals surface area contributed by atoms with Gasteiger partial charge in [-0.3, -0.25) is 0 Å². The van der Waals surface area contributed by atoms with Gasteiger partial charge >= 0.3 is 0 Å². The Morgan fingerprint density at radius 2 is 2.11 bits per heavy atom. The highest BCUT2D eigenvalue weighted by atomic mass is 79.9. The molecule has 19 heavy (non-hydrogen) atoms. The molecule has 1 aliphatic rings. The number of rotatable bonds is 5. The number of nitrogens with one attached hydrogen (secondary N) is 1. The Balaban J connectivity index is 2.00. The zero-order valence-corrected chi connectivity index (χ0v) is 14.4. The van der Waals surface area contributed by atoms with E-state index in [0.717, 1.165) is 29.0 Å². The van der Waals surface area contributed by atoms with Crippen LogP contribution in [0.4, 0.5) is 0 Å². The maximum Gasteiger partial charge on any atom is 0.250 e. The Morgan fingerprint density at radius 1 is 1.47 bits per heavy atom. The first-order chi connectivity index (χ1) is 8.88. The summed E-state index contributed by atoms with van der Waals surface area (Å²) < 4.78 is 28.5. The lowest BCUT2D eigenvalue weighted by molar-refractivity contribution is 0.313. The van der Waals surface area contributed by atoms with Gasteiger partial charge in [0.05, 0.1) is 3.79 Å². The van der Waals surface area contributed by atoms with Crippen LogP contribution >= 0.6 is 27.3 Å². The van der Waals surface area contributed by atoms with E-state index >= 15 is 0 Å². The monoisotopic (exact) mass is 366 g/mol. The van der Waals surface area contributed by atoms with Gasteiger partial charge in [-0.1, -0.05) is 0 Å². The molecule has 1 aliphatic heterocycles. The summed E-state index contributed by atoms with van der Waals surface area (Å²) in [7, 11) is -3.39. The zero-order chi connectivity index (χ0) is 14.0. The van der Waals surface area contributed by atoms with Crippen LogP contribution in [0.25, 0.3) is 0 Å². The highest BCUT2D eigenvalue weighted by Crippen LogP contribution is 2.30. The van der Waals surface area contributed by atoms with Gasteiger partial charge in [-0.05, 0) is 67.3 Å². The van der Waals surface area contributed by atoms with Crippen LogP contribution in [-0.2, 0) is 10.0 Å². The number of thiophene rings is 1. The van der Waals surface area contributed by atoms with Crippen LogP contribution in [0, 0.1) is 6.92 Å². The van der Waals surface area contributed by atoms with Gasteiger partial charge in [-0.15, -0.1) is 11.3 Å². The Hall–Kier alpha value is 0.0500. The van der Waals surface area contributed by atoms with Crippen molar-refractivity contribution in [3.63, 3.8) is 0 Å². The Kier molecular flexibility index (Phi) is 5.05. The first-order valence-electron chi connectivity index (χ1n) is 6.39. The van der Waals surface area contributed by atoms with E-state index in [1.54, 1.807) is 6.07 Å². The van der Waals surface area contributed by atoms with E-state index in [-0.39, 0.29) is 6.04 Å². The molecule has 1 fully saturated rings. The van der Waals surface area contributed by atoms with Crippen molar-refractivity contribution in [2.75, 3.05) is 19.6 Å². The zero-order valence-electron chi connectivity index (χ0n) is 11.1. The fourth-order valence-corrected chi connectivity index (χ4v) is 5.75. The second-order valence-electron chi connectivity index (χ2n) is 5.05. The van der Waals surface area contributed by atoms with Crippen molar-refractivity contribution in [3.05, 3.63) is 15.4 Å². The van der Waals surface area contributed by atoms with Crippen LogP contribution < -0.4 is 4.72 Å². The number of aryl methyl sites for hydroxylation is 1. The number of hydrogen-bond acceptors (Lipinski definition) is 4. The number of halogens is 1. The second-order valence-corrected chi connectivity index (χ2v) is 9.36. The van der Waals surface area contributed by atoms with Gasteiger partial charge in [0.25, 0.3) is 0 Å². The minimum Gasteiger partial charge on any atom is -0.302 e. The minimum atomic E-state index is -3.39. The van der Waals surface area contributed by atoms with Crippen LogP contribution in [0.3, 0.4) is 0 Å². The predicted molar refractivity (Wildman–Crippen MR) is 82.2 cm³/mol. The largest absolute Gasteiger partial charge is 0.302 e. The summed E-state index contributed by atoms with van der Waals surface area (Å²) in [6.07, 6.45) is 2.44. The molecule has 1 atom stereocenters. The van der Waals surface area contributed by atoms with E-state index in [1.807, 2.05) is 13.8 Å². The van der Waals surface area contributed by atoms with E-state index in [1.165, 1.54) is 24.2 Å². The molecule has 0 radical (unpaired) electrons. The number of nitrogens with zero attached hydrogens (tertiary/aromatic N) is 1. The van der Waals surface area contributed by atoms with Crippen LogP contribution in [0.5, 0.6) is 0 Å². The van der Waals surface area contributed by atoms with E-state index in [9.17, 15) is 8.42 Å². The molecular weight excluding hydrogens is 348 g/mol. The van der Waals surface area contributed by atoms with Crippen LogP contribution in [-0.4, -0.2) is 39.0 Å². The van der Waals surface area contributed by atoms with E-state index in [2.05, 4.69) is 25.6 Å². The van der Waals surface area contributed by atoms with Gasteiger partial charge in [-0.25, -0.2) is 13.1 Å². The quantitative estimate of drug-likeness (QED) is 0.870. The number of likely N-dealkylation sites (tertiary alicyclic amines) is 1. The first kappa shape index (κ1) is 15.4. The summed E-state index contributed by atoms with van der Waals surface area (Å²) in [5.41, 5.74) is 0.956. The van der Waals surface area contributed by atoms with Crippen molar-refractivity contribution in [3.8, 4) is 0 Å². The topological polar surface area (TPSA) is 49.4 Å². The Labute approximate surface area is 127 Å². The van der Waals surface area contributed by atoms with E-state index < -0.39 is 10.0 Å². The fraction of sp³-hybridized carbons (Fsp3) is 0.667. The molecule has 2 rings (SSSR count). The molecule has 0 saturated carbocycles. The molecule has 1 aromatic rings. The third kappa shape index (κ3) is 4.01. The van der Waals surface area contributed by atoms with Gasteiger partial charge in [0, 0.05) is 12.6 Å². The average molecular weight is 367 g/mol. The molecule has 0 bridgehead atoms. The summed E-state index contributed by atoms with van der Waals surface area (Å²) in [5, 5.41) is 0. The van der Waals surface area contributed by atoms with Gasteiger partial charge < -0.3 is 4.90 Å². The average Bonchev–Trinajstić information content (AvgIpc) is 2.89. The van der Waals surface area contributed by atoms with Crippen molar-refractivity contribution in [1.29, 1.82) is 0 Å². The van der Waals surface area contributed by atoms with Crippen molar-refractivity contribution < 1.29 is 8.42 Å². The van der Waals surface area contributed by atoms with Crippen LogP contribution in [0.15, 0.2) is 14.1 Å². The molecule has 1 saturated heterocycles. The van der Waals surface area contributed by atoms with Crippen molar-refractivity contribution in [1.82, 2.24) is 9.62 Å². The maximum atomic E-state index is 12.2. The molecule has 0 amide bonds. The third-order valence-electron chi connectivity index (χ3n) is 3.19. The van der Waals surface area contributed by atoms with Crippen molar-refractivity contribution >= 4 is 37.3 Å². The second kappa shape index (κ2) is 6.22. The third-order valence-corrected chi connectivity index (χ3v) is 7.39. The lowest BCUT2D eigenvalue weighted by Gasteiger charge is -2.20. The molecule has 1 N–H and O–H groups in total. The summed E-state index contributed by atoms with van der Waals surface area (Å²) in [4.78, 5) is 2.31. The number of sulfonamides is 1. The van der Waals surface area contributed by atoms with Gasteiger partial charge in [-0.2, -0.15) is 0 Å². The lowest BCUT2D eigenvalue weighted by Crippen LogP contribution is -2.40. The molecule has 108 valence electrons. The molecule has 7 heteroatoms. The highest BCUT2D eigenvalue weighted by Gasteiger charge is 2.22. The van der Waals surface area contributed by atoms with E-state index in [4.69, 9.17) is 0 Å². The Morgan fingerprint density at radius 3 is 2.63 bits per heavy atom. The van der Waals surface area contributed by atoms with Crippen molar-refractivity contribution in [2.24, 2.45) is 0 Å². The van der Waals surface area contributed by atoms with Crippen LogP contribution in [0.1, 0.15) is 25.3 Å². The summed E-state index contributed by atoms with van der Waals surface area (Å²) in [6.45, 7) is 6.76. The smallest absolute Gasteiger partial charge is 0.250 e. The fourth-order valence-electron chi connectivity index (χ4n) is 2.28. The van der Waals surface area contributed by atoms with Gasteiger partial charge in [0.1, 0.15) is 4.21 Å². The van der Waals surface area contributed by atoms with Gasteiger partial charge in [0.2, 0.25) is 10.0 Å². The van der Waals surface area contributed by atoms with Crippen molar-refractivity contribution in [2.45, 2.75) is 36.9 Å². The normalized spacial score (nSPS) is 18.9. The standard InChI is InChI=1S/C12H19BrN2O2S2/c1-9-7-11(18-12(9)13)19(16,17)14-10(2)8-15-5-3-4-6-15/h7,10,14H,3-6,8H2,1-2H3. The molecule has 4 nitrogen and oxygen atoms in total. The first-order valence-corrected chi connectivity index (χ1v) is 9.48.